The smallest absolute Gasteiger partial charge is 0.178 e. The normalized spacial score (nSPS) is 16.2. The van der Waals surface area contributed by atoms with E-state index in [1.165, 1.54) is 27.6 Å². The van der Waals surface area contributed by atoms with Crippen LogP contribution in [0, 0.1) is 0 Å². The summed E-state index contributed by atoms with van der Waals surface area (Å²) in [5, 5.41) is 2.29. The van der Waals surface area contributed by atoms with E-state index in [0.717, 1.165) is 52.2 Å². The molecule has 0 N–H and O–H groups in total. The molecule has 2 aliphatic heterocycles. The first-order chi connectivity index (χ1) is 18.8. The van der Waals surface area contributed by atoms with Crippen molar-refractivity contribution in [3.63, 3.8) is 0 Å². The molecule has 0 atom stereocenters. The van der Waals surface area contributed by atoms with Gasteiger partial charge in [0.25, 0.3) is 0 Å². The Morgan fingerprint density at radius 1 is 0.658 bits per heavy atom. The van der Waals surface area contributed by atoms with E-state index in [4.69, 9.17) is 14.2 Å². The third-order valence-corrected chi connectivity index (χ3v) is 8.09. The van der Waals surface area contributed by atoms with Crippen LogP contribution in [-0.2, 0) is 12.0 Å². The van der Waals surface area contributed by atoms with Gasteiger partial charge >= 0.3 is 0 Å². The highest BCUT2D eigenvalue weighted by atomic mass is 16.5. The quantitative estimate of drug-likeness (QED) is 0.245. The van der Waals surface area contributed by atoms with Crippen LogP contribution in [0.25, 0.3) is 28.0 Å². The van der Waals surface area contributed by atoms with Crippen LogP contribution in [0.1, 0.15) is 34.2 Å². The summed E-state index contributed by atoms with van der Waals surface area (Å²) in [6, 6.07) is 34.0. The maximum Gasteiger partial charge on any atom is 0.178 e. The van der Waals surface area contributed by atoms with Crippen molar-refractivity contribution >= 4 is 16.8 Å². The Bertz CT molecular complexity index is 1700. The van der Waals surface area contributed by atoms with Crippen LogP contribution in [0.3, 0.4) is 0 Å². The minimum absolute atomic E-state index is 0.640. The molecule has 3 aliphatic rings. The second kappa shape index (κ2) is 8.26. The standard InChI is InChI=1S/C35H26O3/c1-3-11-24(12-4-1)35(25-13-5-2-6-14-25)19-18-28-32-27(16-17-30-34(32)37-21-9-20-36-30)29-22-23-10-7-8-15-26(23)31(29)33(28)38-35/h1-8,10-19H,9,20-22H2. The molecule has 8 rings (SSSR count). The molecule has 0 spiro atoms. The molecule has 1 aliphatic carbocycles. The summed E-state index contributed by atoms with van der Waals surface area (Å²) in [6.07, 6.45) is 6.19. The predicted octanol–water partition coefficient (Wildman–Crippen LogP) is 7.92. The van der Waals surface area contributed by atoms with Gasteiger partial charge in [-0.1, -0.05) is 91.0 Å². The van der Waals surface area contributed by atoms with Crippen LogP contribution in [0.4, 0.5) is 0 Å². The molecule has 0 saturated carbocycles. The Labute approximate surface area is 221 Å². The second-order valence-corrected chi connectivity index (χ2v) is 10.2. The molecule has 0 bridgehead atoms. The molecule has 184 valence electrons. The lowest BCUT2D eigenvalue weighted by Gasteiger charge is -2.37. The Morgan fingerprint density at radius 3 is 2.16 bits per heavy atom. The van der Waals surface area contributed by atoms with Crippen molar-refractivity contribution in [2.45, 2.75) is 18.4 Å². The van der Waals surface area contributed by atoms with Crippen molar-refractivity contribution in [3.8, 4) is 28.4 Å². The minimum atomic E-state index is -0.752. The van der Waals surface area contributed by atoms with E-state index in [0.29, 0.717) is 13.2 Å². The molecule has 5 aromatic carbocycles. The maximum atomic E-state index is 7.34. The van der Waals surface area contributed by atoms with E-state index in [9.17, 15) is 0 Å². The third kappa shape index (κ3) is 3.02. The Hall–Kier alpha value is -4.50. The fourth-order valence-electron chi connectivity index (χ4n) is 6.36. The molecule has 38 heavy (non-hydrogen) atoms. The molecule has 3 heteroatoms. The second-order valence-electron chi connectivity index (χ2n) is 10.2. The van der Waals surface area contributed by atoms with Gasteiger partial charge in [0.1, 0.15) is 5.75 Å². The molecule has 0 fully saturated rings. The van der Waals surface area contributed by atoms with E-state index in [1.54, 1.807) is 0 Å². The van der Waals surface area contributed by atoms with E-state index in [2.05, 4.69) is 109 Å². The predicted molar refractivity (Wildman–Crippen MR) is 151 cm³/mol. The van der Waals surface area contributed by atoms with Crippen molar-refractivity contribution in [2.75, 3.05) is 13.2 Å². The van der Waals surface area contributed by atoms with Crippen molar-refractivity contribution in [1.29, 1.82) is 0 Å². The molecule has 0 saturated heterocycles. The van der Waals surface area contributed by atoms with Crippen LogP contribution in [-0.4, -0.2) is 13.2 Å². The number of benzene rings is 5. The van der Waals surface area contributed by atoms with Gasteiger partial charge in [-0.05, 0) is 46.7 Å². The maximum absolute atomic E-state index is 7.34. The zero-order valence-electron chi connectivity index (χ0n) is 20.9. The lowest BCUT2D eigenvalue weighted by atomic mass is 9.82. The fraction of sp³-hybridized carbons (Fsp3) is 0.143. The highest BCUT2D eigenvalue weighted by Gasteiger charge is 2.41. The first-order valence-corrected chi connectivity index (χ1v) is 13.3. The number of hydrogen-bond donors (Lipinski definition) is 0. The average Bonchev–Trinajstić information content (AvgIpc) is 3.21. The highest BCUT2D eigenvalue weighted by Crippen LogP contribution is 2.56. The van der Waals surface area contributed by atoms with E-state index < -0.39 is 5.60 Å². The van der Waals surface area contributed by atoms with E-state index >= 15 is 0 Å². The van der Waals surface area contributed by atoms with Gasteiger partial charge in [-0.3, -0.25) is 0 Å². The van der Waals surface area contributed by atoms with E-state index in [-0.39, 0.29) is 0 Å². The summed E-state index contributed by atoms with van der Waals surface area (Å²) < 4.78 is 19.8. The lowest BCUT2D eigenvalue weighted by Crippen LogP contribution is -2.34. The van der Waals surface area contributed by atoms with Gasteiger partial charge in [-0.2, -0.15) is 0 Å². The summed E-state index contributed by atoms with van der Waals surface area (Å²) in [6.45, 7) is 1.30. The molecule has 0 unspecified atom stereocenters. The fourth-order valence-corrected chi connectivity index (χ4v) is 6.36. The van der Waals surface area contributed by atoms with Crippen molar-refractivity contribution < 1.29 is 14.2 Å². The Morgan fingerprint density at radius 2 is 1.37 bits per heavy atom. The molecule has 2 heterocycles. The average molecular weight is 495 g/mol. The van der Waals surface area contributed by atoms with Crippen LogP contribution in [0.15, 0.2) is 103 Å². The number of hydrogen-bond acceptors (Lipinski definition) is 3. The minimum Gasteiger partial charge on any atom is -0.490 e. The molecular formula is C35H26O3. The van der Waals surface area contributed by atoms with E-state index in [1.807, 2.05) is 0 Å². The third-order valence-electron chi connectivity index (χ3n) is 8.09. The largest absolute Gasteiger partial charge is 0.490 e. The van der Waals surface area contributed by atoms with Crippen LogP contribution in [0.5, 0.6) is 17.2 Å². The molecule has 0 aromatic heterocycles. The van der Waals surface area contributed by atoms with Gasteiger partial charge < -0.3 is 14.2 Å². The van der Waals surface area contributed by atoms with Crippen LogP contribution < -0.4 is 14.2 Å². The Kier molecular flexibility index (Phi) is 4.69. The molecule has 0 radical (unpaired) electrons. The topological polar surface area (TPSA) is 27.7 Å². The summed E-state index contributed by atoms with van der Waals surface area (Å²) >= 11 is 0. The van der Waals surface area contributed by atoms with Gasteiger partial charge in [0.2, 0.25) is 0 Å². The van der Waals surface area contributed by atoms with Gasteiger partial charge in [0, 0.05) is 34.1 Å². The van der Waals surface area contributed by atoms with Gasteiger partial charge in [-0.15, -0.1) is 0 Å². The van der Waals surface area contributed by atoms with Crippen molar-refractivity contribution in [1.82, 2.24) is 0 Å². The molecule has 0 amide bonds. The monoisotopic (exact) mass is 494 g/mol. The summed E-state index contributed by atoms with van der Waals surface area (Å²) in [7, 11) is 0. The van der Waals surface area contributed by atoms with Crippen molar-refractivity contribution in [3.05, 3.63) is 131 Å². The Balaban J connectivity index is 1.47. The van der Waals surface area contributed by atoms with Gasteiger partial charge in [0.05, 0.1) is 13.2 Å². The SMILES string of the molecule is C1=CC(c2ccccc2)(c2ccccc2)Oc2c3c(c4ccc5c(c4c21)OCCCO5)Cc1ccccc1-3. The van der Waals surface area contributed by atoms with Crippen molar-refractivity contribution in [2.24, 2.45) is 0 Å². The summed E-state index contributed by atoms with van der Waals surface area (Å²) in [5.41, 5.74) is 7.56. The first-order valence-electron chi connectivity index (χ1n) is 13.3. The number of ether oxygens (including phenoxy) is 3. The van der Waals surface area contributed by atoms with Gasteiger partial charge in [0.15, 0.2) is 17.1 Å². The number of fused-ring (bicyclic) bond motifs is 10. The van der Waals surface area contributed by atoms with Gasteiger partial charge in [-0.25, -0.2) is 0 Å². The molecular weight excluding hydrogens is 468 g/mol. The van der Waals surface area contributed by atoms with Crippen LogP contribution in [0.2, 0.25) is 0 Å². The van der Waals surface area contributed by atoms with Crippen LogP contribution >= 0.6 is 0 Å². The zero-order valence-corrected chi connectivity index (χ0v) is 20.9. The zero-order chi connectivity index (χ0) is 25.1. The summed E-state index contributed by atoms with van der Waals surface area (Å²) in [5.74, 6) is 2.55. The highest BCUT2D eigenvalue weighted by molar-refractivity contribution is 6.08. The number of rotatable bonds is 2. The first kappa shape index (κ1) is 21.6. The lowest BCUT2D eigenvalue weighted by molar-refractivity contribution is 0.162. The molecule has 5 aromatic rings. The molecule has 3 nitrogen and oxygen atoms in total. The summed E-state index contributed by atoms with van der Waals surface area (Å²) in [4.78, 5) is 0.